The average Bonchev–Trinajstić information content (AvgIpc) is 2.30. The Morgan fingerprint density at radius 2 is 2.12 bits per heavy atom. The minimum atomic E-state index is 0.0447. The molecule has 1 amide bonds. The van der Waals surface area contributed by atoms with E-state index in [2.05, 4.69) is 35.3 Å². The van der Waals surface area contributed by atoms with E-state index < -0.39 is 0 Å². The fourth-order valence-corrected chi connectivity index (χ4v) is 2.09. The molecule has 0 aromatic heterocycles. The third kappa shape index (κ3) is 5.20. The number of nitrogens with zero attached hydrogens (tertiary/aromatic N) is 1. The molecule has 1 rings (SSSR count). The summed E-state index contributed by atoms with van der Waals surface area (Å²) >= 11 is 0. The van der Waals surface area contributed by atoms with Gasteiger partial charge in [-0.1, -0.05) is 5.92 Å². The van der Waals surface area contributed by atoms with Gasteiger partial charge in [0, 0.05) is 25.2 Å². The zero-order valence-electron chi connectivity index (χ0n) is 10.8. The number of hydrogen-bond acceptors (Lipinski definition) is 3. The van der Waals surface area contributed by atoms with Gasteiger partial charge in [0.1, 0.15) is 0 Å². The third-order valence-electron chi connectivity index (χ3n) is 3.14. The fraction of sp³-hybridized carbons (Fsp3) is 0.769. The van der Waals surface area contributed by atoms with Crippen LogP contribution in [0.15, 0.2) is 0 Å². The Balaban J connectivity index is 2.17. The Kier molecular flexibility index (Phi) is 6.03. The number of rotatable bonds is 5. The van der Waals surface area contributed by atoms with E-state index in [1.165, 1.54) is 0 Å². The van der Waals surface area contributed by atoms with Crippen LogP contribution in [0.3, 0.4) is 0 Å². The standard InChI is InChI=1S/C13H23N3O/c1-4-7-14-10-13(17)15-12-5-8-16(9-6-12)11(2)3/h1,11-12,14H,5-10H2,2-3H3,(H,15,17). The zero-order valence-corrected chi connectivity index (χ0v) is 10.8. The van der Waals surface area contributed by atoms with Gasteiger partial charge in [0.05, 0.1) is 13.1 Å². The van der Waals surface area contributed by atoms with Gasteiger partial charge in [0.15, 0.2) is 0 Å². The highest BCUT2D eigenvalue weighted by atomic mass is 16.1. The fourth-order valence-electron chi connectivity index (χ4n) is 2.09. The van der Waals surface area contributed by atoms with Gasteiger partial charge in [-0.2, -0.15) is 0 Å². The maximum Gasteiger partial charge on any atom is 0.234 e. The summed E-state index contributed by atoms with van der Waals surface area (Å²) in [5.74, 6) is 2.49. The molecule has 0 spiro atoms. The average molecular weight is 237 g/mol. The summed E-state index contributed by atoms with van der Waals surface area (Å²) in [6, 6.07) is 0.925. The number of carbonyl (C=O) groups is 1. The third-order valence-corrected chi connectivity index (χ3v) is 3.14. The molecule has 2 N–H and O–H groups in total. The predicted octanol–water partition coefficient (Wildman–Crippen LogP) is 0.198. The van der Waals surface area contributed by atoms with Crippen molar-refractivity contribution in [2.45, 2.75) is 38.8 Å². The zero-order chi connectivity index (χ0) is 12.7. The molecule has 4 nitrogen and oxygen atoms in total. The van der Waals surface area contributed by atoms with Gasteiger partial charge < -0.3 is 10.2 Å². The molecule has 1 aliphatic heterocycles. The first-order chi connectivity index (χ1) is 8.13. The lowest BCUT2D eigenvalue weighted by atomic mass is 10.0. The first-order valence-corrected chi connectivity index (χ1v) is 6.31. The highest BCUT2D eigenvalue weighted by Gasteiger charge is 2.21. The Hall–Kier alpha value is -1.05. The number of amides is 1. The molecule has 0 radical (unpaired) electrons. The topological polar surface area (TPSA) is 44.4 Å². The van der Waals surface area contributed by atoms with Gasteiger partial charge in [-0.15, -0.1) is 6.42 Å². The van der Waals surface area contributed by atoms with Crippen molar-refractivity contribution in [1.82, 2.24) is 15.5 Å². The van der Waals surface area contributed by atoms with Crippen LogP contribution in [0.2, 0.25) is 0 Å². The van der Waals surface area contributed by atoms with Crippen LogP contribution >= 0.6 is 0 Å². The first-order valence-electron chi connectivity index (χ1n) is 6.31. The molecule has 0 aromatic rings. The predicted molar refractivity (Wildman–Crippen MR) is 69.6 cm³/mol. The highest BCUT2D eigenvalue weighted by molar-refractivity contribution is 5.78. The van der Waals surface area contributed by atoms with Crippen molar-refractivity contribution in [1.29, 1.82) is 0 Å². The molecule has 17 heavy (non-hydrogen) atoms. The van der Waals surface area contributed by atoms with E-state index in [0.717, 1.165) is 25.9 Å². The van der Waals surface area contributed by atoms with Crippen LogP contribution in [0.1, 0.15) is 26.7 Å². The van der Waals surface area contributed by atoms with Gasteiger partial charge in [-0.3, -0.25) is 10.1 Å². The molecule has 1 saturated heterocycles. The SMILES string of the molecule is C#CCNCC(=O)NC1CCN(C(C)C)CC1. The summed E-state index contributed by atoms with van der Waals surface area (Å²) in [7, 11) is 0. The second-order valence-corrected chi connectivity index (χ2v) is 4.78. The molecule has 0 aromatic carbocycles. The lowest BCUT2D eigenvalue weighted by molar-refractivity contribution is -0.121. The van der Waals surface area contributed by atoms with E-state index in [-0.39, 0.29) is 5.91 Å². The molecule has 0 atom stereocenters. The molecule has 0 bridgehead atoms. The maximum absolute atomic E-state index is 11.5. The Bertz CT molecular complexity index is 275. The van der Waals surface area contributed by atoms with E-state index in [9.17, 15) is 4.79 Å². The lowest BCUT2D eigenvalue weighted by Crippen LogP contribution is -2.48. The largest absolute Gasteiger partial charge is 0.352 e. The Labute approximate surface area is 104 Å². The lowest BCUT2D eigenvalue weighted by Gasteiger charge is -2.34. The van der Waals surface area contributed by atoms with Crippen LogP contribution in [0, 0.1) is 12.3 Å². The summed E-state index contributed by atoms with van der Waals surface area (Å²) in [6.45, 7) is 7.32. The second-order valence-electron chi connectivity index (χ2n) is 4.78. The van der Waals surface area contributed by atoms with Crippen molar-refractivity contribution in [2.24, 2.45) is 0 Å². The van der Waals surface area contributed by atoms with Crippen LogP contribution in [-0.4, -0.2) is 49.1 Å². The van der Waals surface area contributed by atoms with E-state index in [4.69, 9.17) is 6.42 Å². The molecular formula is C13H23N3O. The number of likely N-dealkylation sites (tertiary alicyclic amines) is 1. The number of terminal acetylenes is 1. The van der Waals surface area contributed by atoms with Gasteiger partial charge in [-0.25, -0.2) is 0 Å². The molecule has 96 valence electrons. The summed E-state index contributed by atoms with van der Waals surface area (Å²) < 4.78 is 0. The summed E-state index contributed by atoms with van der Waals surface area (Å²) in [5.41, 5.74) is 0. The number of piperidine rings is 1. The van der Waals surface area contributed by atoms with Gasteiger partial charge in [0.2, 0.25) is 5.91 Å². The molecule has 1 heterocycles. The van der Waals surface area contributed by atoms with Crippen LogP contribution in [0.25, 0.3) is 0 Å². The van der Waals surface area contributed by atoms with Crippen molar-refractivity contribution < 1.29 is 4.79 Å². The van der Waals surface area contributed by atoms with Crippen LogP contribution in [-0.2, 0) is 4.79 Å². The summed E-state index contributed by atoms with van der Waals surface area (Å²) in [4.78, 5) is 14.0. The molecule has 1 fully saturated rings. The molecule has 0 aliphatic carbocycles. The van der Waals surface area contributed by atoms with Crippen molar-refractivity contribution in [2.75, 3.05) is 26.2 Å². The van der Waals surface area contributed by atoms with Crippen molar-refractivity contribution in [3.8, 4) is 12.3 Å². The van der Waals surface area contributed by atoms with E-state index in [0.29, 0.717) is 25.2 Å². The van der Waals surface area contributed by atoms with Crippen LogP contribution < -0.4 is 10.6 Å². The summed E-state index contributed by atoms with van der Waals surface area (Å²) in [5, 5.41) is 5.93. The Morgan fingerprint density at radius 1 is 1.47 bits per heavy atom. The van der Waals surface area contributed by atoms with Crippen LogP contribution in [0.4, 0.5) is 0 Å². The maximum atomic E-state index is 11.5. The smallest absolute Gasteiger partial charge is 0.234 e. The van der Waals surface area contributed by atoms with Crippen LogP contribution in [0.5, 0.6) is 0 Å². The van der Waals surface area contributed by atoms with E-state index >= 15 is 0 Å². The highest BCUT2D eigenvalue weighted by Crippen LogP contribution is 2.12. The minimum absolute atomic E-state index is 0.0447. The molecule has 4 heteroatoms. The van der Waals surface area contributed by atoms with E-state index in [1.807, 2.05) is 0 Å². The number of nitrogens with one attached hydrogen (secondary N) is 2. The molecule has 1 aliphatic rings. The minimum Gasteiger partial charge on any atom is -0.352 e. The van der Waals surface area contributed by atoms with Crippen molar-refractivity contribution in [3.63, 3.8) is 0 Å². The molecule has 0 saturated carbocycles. The van der Waals surface area contributed by atoms with Gasteiger partial charge in [-0.05, 0) is 26.7 Å². The monoisotopic (exact) mass is 237 g/mol. The molecule has 0 unspecified atom stereocenters. The van der Waals surface area contributed by atoms with Crippen molar-refractivity contribution >= 4 is 5.91 Å². The normalized spacial score (nSPS) is 18.0. The molecular weight excluding hydrogens is 214 g/mol. The van der Waals surface area contributed by atoms with Gasteiger partial charge >= 0.3 is 0 Å². The van der Waals surface area contributed by atoms with Crippen molar-refractivity contribution in [3.05, 3.63) is 0 Å². The van der Waals surface area contributed by atoms with E-state index in [1.54, 1.807) is 0 Å². The number of carbonyl (C=O) groups excluding carboxylic acids is 1. The summed E-state index contributed by atoms with van der Waals surface area (Å²) in [6.07, 6.45) is 7.17. The quantitative estimate of drug-likeness (QED) is 0.530. The second kappa shape index (κ2) is 7.31. The van der Waals surface area contributed by atoms with Gasteiger partial charge in [0.25, 0.3) is 0 Å². The first kappa shape index (κ1) is 14.0. The number of hydrogen-bond donors (Lipinski definition) is 2. The Morgan fingerprint density at radius 3 is 2.65 bits per heavy atom.